The number of hydrogen-bond acceptors (Lipinski definition) is 5. The van der Waals surface area contributed by atoms with Crippen molar-refractivity contribution in [3.63, 3.8) is 0 Å². The third-order valence-corrected chi connectivity index (χ3v) is 3.69. The molecule has 3 heterocycles. The number of aromatic amines is 1. The molecule has 8 nitrogen and oxygen atoms in total. The minimum atomic E-state index is -4.64. The molecule has 0 bridgehead atoms. The van der Waals surface area contributed by atoms with Gasteiger partial charge in [-0.15, -0.1) is 17.5 Å². The molecule has 1 amide bonds. The van der Waals surface area contributed by atoms with Crippen molar-refractivity contribution in [2.24, 2.45) is 13.0 Å². The molecule has 3 rings (SSSR count). The van der Waals surface area contributed by atoms with Crippen LogP contribution >= 0.6 is 12.4 Å². The molecule has 1 aliphatic rings. The third kappa shape index (κ3) is 3.67. The minimum Gasteiger partial charge on any atom is -0.315 e. The third-order valence-electron chi connectivity index (χ3n) is 3.69. The maximum Gasteiger partial charge on any atom is 0.451 e. The van der Waals surface area contributed by atoms with Crippen LogP contribution in [0.4, 0.5) is 19.1 Å². The van der Waals surface area contributed by atoms with Gasteiger partial charge in [0.15, 0.2) is 0 Å². The Kier molecular flexibility index (Phi) is 5.13. The fourth-order valence-corrected chi connectivity index (χ4v) is 2.58. The van der Waals surface area contributed by atoms with Crippen LogP contribution in [0.5, 0.6) is 0 Å². The van der Waals surface area contributed by atoms with Crippen molar-refractivity contribution in [2.75, 3.05) is 18.4 Å². The Morgan fingerprint density at radius 3 is 2.75 bits per heavy atom. The van der Waals surface area contributed by atoms with Gasteiger partial charge in [0.25, 0.3) is 0 Å². The fraction of sp³-hybridized carbons (Fsp3) is 0.500. The summed E-state index contributed by atoms with van der Waals surface area (Å²) in [5, 5.41) is 14.6. The van der Waals surface area contributed by atoms with E-state index in [9.17, 15) is 18.0 Å². The predicted molar refractivity (Wildman–Crippen MR) is 79.6 cm³/mol. The molecular formula is C12H15ClF3N7O. The van der Waals surface area contributed by atoms with Crippen LogP contribution in [-0.4, -0.2) is 44.0 Å². The highest BCUT2D eigenvalue weighted by molar-refractivity contribution is 5.92. The first-order chi connectivity index (χ1) is 10.8. The molecule has 12 heteroatoms. The van der Waals surface area contributed by atoms with Gasteiger partial charge in [-0.3, -0.25) is 19.9 Å². The smallest absolute Gasteiger partial charge is 0.315 e. The van der Waals surface area contributed by atoms with Crippen LogP contribution in [-0.2, 0) is 18.0 Å². The number of aromatic nitrogens is 5. The van der Waals surface area contributed by atoms with Crippen LogP contribution in [0.15, 0.2) is 12.4 Å². The molecule has 2 aromatic heterocycles. The number of H-pyrrole nitrogens is 1. The van der Waals surface area contributed by atoms with E-state index in [0.29, 0.717) is 13.1 Å². The molecule has 0 unspecified atom stereocenters. The van der Waals surface area contributed by atoms with Gasteiger partial charge in [0.05, 0.1) is 12.1 Å². The zero-order valence-corrected chi connectivity index (χ0v) is 13.3. The number of hydrogen-bond donors (Lipinski definition) is 3. The number of alkyl halides is 3. The average molecular weight is 366 g/mol. The number of anilines is 1. The Balaban J connectivity index is 0.00000208. The summed E-state index contributed by atoms with van der Waals surface area (Å²) < 4.78 is 39.0. The molecule has 0 aromatic carbocycles. The molecule has 2 atom stereocenters. The molecule has 1 fully saturated rings. The number of amides is 1. The van der Waals surface area contributed by atoms with Gasteiger partial charge >= 0.3 is 6.18 Å². The van der Waals surface area contributed by atoms with E-state index in [1.54, 1.807) is 23.0 Å². The van der Waals surface area contributed by atoms with Gasteiger partial charge < -0.3 is 5.32 Å². The molecule has 2 aromatic rings. The molecule has 3 N–H and O–H groups in total. The van der Waals surface area contributed by atoms with Crippen LogP contribution in [0.25, 0.3) is 0 Å². The van der Waals surface area contributed by atoms with Crippen molar-refractivity contribution in [1.29, 1.82) is 0 Å². The molecule has 0 aliphatic carbocycles. The van der Waals surface area contributed by atoms with Crippen molar-refractivity contribution < 1.29 is 18.0 Å². The molecule has 24 heavy (non-hydrogen) atoms. The van der Waals surface area contributed by atoms with Gasteiger partial charge in [-0.2, -0.15) is 23.3 Å². The van der Waals surface area contributed by atoms with Gasteiger partial charge in [0.2, 0.25) is 17.7 Å². The van der Waals surface area contributed by atoms with Crippen LogP contribution in [0.2, 0.25) is 0 Å². The van der Waals surface area contributed by atoms with Crippen LogP contribution in [0.3, 0.4) is 0 Å². The molecular weight excluding hydrogens is 351 g/mol. The molecule has 132 valence electrons. The summed E-state index contributed by atoms with van der Waals surface area (Å²) in [6, 6.07) is 0. The quantitative estimate of drug-likeness (QED) is 0.751. The van der Waals surface area contributed by atoms with Crippen LogP contribution in [0, 0.1) is 5.92 Å². The first kappa shape index (κ1) is 18.2. The van der Waals surface area contributed by atoms with Gasteiger partial charge in [0, 0.05) is 32.3 Å². The van der Waals surface area contributed by atoms with E-state index in [0.717, 1.165) is 5.56 Å². The zero-order chi connectivity index (χ0) is 16.6. The van der Waals surface area contributed by atoms with Crippen molar-refractivity contribution >= 4 is 24.3 Å². The summed E-state index contributed by atoms with van der Waals surface area (Å²) >= 11 is 0. The summed E-state index contributed by atoms with van der Waals surface area (Å²) in [6.45, 7) is 1.01. The first-order valence-corrected chi connectivity index (χ1v) is 6.84. The number of aryl methyl sites for hydroxylation is 1. The van der Waals surface area contributed by atoms with Gasteiger partial charge in [-0.05, 0) is 5.56 Å². The number of rotatable bonds is 3. The number of nitrogens with zero attached hydrogens (tertiary/aromatic N) is 4. The van der Waals surface area contributed by atoms with Crippen molar-refractivity contribution in [2.45, 2.75) is 12.1 Å². The predicted octanol–water partition coefficient (Wildman–Crippen LogP) is 0.920. The summed E-state index contributed by atoms with van der Waals surface area (Å²) in [5.74, 6) is -2.62. The Hall–Kier alpha value is -2.14. The zero-order valence-electron chi connectivity index (χ0n) is 12.5. The lowest BCUT2D eigenvalue weighted by molar-refractivity contribution is -0.144. The molecule has 0 saturated carbocycles. The SMILES string of the molecule is Cl.Cn1cc([C@H]2CNC[C@@H]2C(=O)Nc2n[nH]c(C(F)(F)F)n2)cn1. The largest absolute Gasteiger partial charge is 0.451 e. The summed E-state index contributed by atoms with van der Waals surface area (Å²) in [5.41, 5.74) is 0.892. The Bertz CT molecular complexity index is 714. The molecule has 1 aliphatic heterocycles. The molecule has 0 radical (unpaired) electrons. The summed E-state index contributed by atoms with van der Waals surface area (Å²) in [6.07, 6.45) is -1.15. The maximum atomic E-state index is 12.5. The highest BCUT2D eigenvalue weighted by Gasteiger charge is 2.37. The summed E-state index contributed by atoms with van der Waals surface area (Å²) in [4.78, 5) is 15.5. The van der Waals surface area contributed by atoms with E-state index in [-0.39, 0.29) is 24.3 Å². The number of halogens is 4. The fourth-order valence-electron chi connectivity index (χ4n) is 2.58. The lowest BCUT2D eigenvalue weighted by Crippen LogP contribution is -2.28. The summed E-state index contributed by atoms with van der Waals surface area (Å²) in [7, 11) is 1.77. The van der Waals surface area contributed by atoms with Crippen molar-refractivity contribution in [3.8, 4) is 0 Å². The molecule has 0 spiro atoms. The van der Waals surface area contributed by atoms with E-state index in [1.165, 1.54) is 0 Å². The van der Waals surface area contributed by atoms with Gasteiger partial charge in [0.1, 0.15) is 0 Å². The normalized spacial score (nSPS) is 20.7. The average Bonchev–Trinajstić information content (AvgIpc) is 3.15. The highest BCUT2D eigenvalue weighted by Crippen LogP contribution is 2.29. The number of nitrogens with one attached hydrogen (secondary N) is 3. The van der Waals surface area contributed by atoms with E-state index >= 15 is 0 Å². The Labute approximate surface area is 140 Å². The highest BCUT2D eigenvalue weighted by atomic mass is 35.5. The van der Waals surface area contributed by atoms with Gasteiger partial charge in [-0.1, -0.05) is 0 Å². The maximum absolute atomic E-state index is 12.5. The minimum absolute atomic E-state index is 0. The monoisotopic (exact) mass is 365 g/mol. The van der Waals surface area contributed by atoms with E-state index in [1.807, 2.05) is 6.20 Å². The second-order valence-corrected chi connectivity index (χ2v) is 5.31. The van der Waals surface area contributed by atoms with Crippen LogP contribution in [0.1, 0.15) is 17.3 Å². The Morgan fingerprint density at radius 2 is 2.17 bits per heavy atom. The van der Waals surface area contributed by atoms with Gasteiger partial charge in [-0.25, -0.2) is 0 Å². The van der Waals surface area contributed by atoms with E-state index < -0.39 is 23.8 Å². The second-order valence-electron chi connectivity index (χ2n) is 5.31. The van der Waals surface area contributed by atoms with Crippen molar-refractivity contribution in [3.05, 3.63) is 23.8 Å². The lowest BCUT2D eigenvalue weighted by atomic mass is 9.90. The second kappa shape index (κ2) is 6.77. The van der Waals surface area contributed by atoms with E-state index in [2.05, 4.69) is 25.8 Å². The Morgan fingerprint density at radius 1 is 1.42 bits per heavy atom. The lowest BCUT2D eigenvalue weighted by Gasteiger charge is -2.15. The van der Waals surface area contributed by atoms with Crippen molar-refractivity contribution in [1.82, 2.24) is 30.3 Å². The van der Waals surface area contributed by atoms with E-state index in [4.69, 9.17) is 0 Å². The number of carbonyl (C=O) groups is 1. The van der Waals surface area contributed by atoms with Crippen LogP contribution < -0.4 is 10.6 Å². The molecule has 1 saturated heterocycles. The first-order valence-electron chi connectivity index (χ1n) is 6.84. The standard InChI is InChI=1S/C12H14F3N7O.ClH/c1-22-5-6(2-17-22)7-3-16-4-8(7)9(23)18-11-19-10(20-21-11)12(13,14)15;/h2,5,7-8,16H,3-4H2,1H3,(H2,18,19,20,21,23);1H/t7-,8+;/m1./s1. The topological polar surface area (TPSA) is 101 Å². The number of carbonyl (C=O) groups excluding carboxylic acids is 1.